The Hall–Kier alpha value is -0.940. The molecular formula is C17H29N3O. The summed E-state index contributed by atoms with van der Waals surface area (Å²) in [5, 5.41) is 10.1. The van der Waals surface area contributed by atoms with Crippen LogP contribution in [0.3, 0.4) is 0 Å². The maximum absolute atomic E-state index is 10.1. The van der Waals surface area contributed by atoms with E-state index in [1.807, 2.05) is 0 Å². The molecule has 1 aromatic carbocycles. The molecule has 1 fully saturated rings. The van der Waals surface area contributed by atoms with Gasteiger partial charge >= 0.3 is 0 Å². The molecule has 3 N–H and O–H groups in total. The van der Waals surface area contributed by atoms with Crippen molar-refractivity contribution in [3.05, 3.63) is 35.4 Å². The van der Waals surface area contributed by atoms with Gasteiger partial charge < -0.3 is 15.7 Å². The summed E-state index contributed by atoms with van der Waals surface area (Å²) in [6, 6.07) is 9.15. The summed E-state index contributed by atoms with van der Waals surface area (Å²) < 4.78 is 0. The van der Waals surface area contributed by atoms with Gasteiger partial charge in [-0.3, -0.25) is 4.90 Å². The second kappa shape index (κ2) is 6.88. The van der Waals surface area contributed by atoms with Gasteiger partial charge in [-0.1, -0.05) is 29.8 Å². The van der Waals surface area contributed by atoms with E-state index in [0.717, 1.165) is 13.0 Å². The van der Waals surface area contributed by atoms with Gasteiger partial charge in [-0.2, -0.15) is 0 Å². The minimum absolute atomic E-state index is 0.0302. The number of aliphatic hydroxyl groups is 1. The van der Waals surface area contributed by atoms with Crippen molar-refractivity contribution >= 4 is 0 Å². The average molecular weight is 291 g/mol. The third-order valence-corrected chi connectivity index (χ3v) is 4.28. The second-order valence-corrected chi connectivity index (χ2v) is 6.72. The number of hydrogen-bond donors (Lipinski definition) is 2. The molecule has 4 atom stereocenters. The Morgan fingerprint density at radius 2 is 1.95 bits per heavy atom. The Balaban J connectivity index is 2.25. The van der Waals surface area contributed by atoms with Crippen LogP contribution in [-0.4, -0.2) is 60.3 Å². The normalized spacial score (nSPS) is 26.2. The number of aryl methyl sites for hydroxylation is 1. The zero-order chi connectivity index (χ0) is 15.6. The van der Waals surface area contributed by atoms with Gasteiger partial charge in [0.05, 0.1) is 12.1 Å². The van der Waals surface area contributed by atoms with Crippen molar-refractivity contribution in [3.63, 3.8) is 0 Å². The van der Waals surface area contributed by atoms with E-state index >= 15 is 0 Å². The molecule has 4 heteroatoms. The molecule has 0 amide bonds. The molecule has 0 radical (unpaired) electrons. The Kier molecular flexibility index (Phi) is 5.38. The third kappa shape index (κ3) is 4.04. The molecule has 0 aliphatic carbocycles. The van der Waals surface area contributed by atoms with Crippen LogP contribution in [0.15, 0.2) is 24.3 Å². The molecule has 0 aromatic heterocycles. The van der Waals surface area contributed by atoms with Crippen LogP contribution in [0.1, 0.15) is 30.5 Å². The number of likely N-dealkylation sites (N-methyl/N-ethyl adjacent to an activating group) is 1. The van der Waals surface area contributed by atoms with Gasteiger partial charge in [-0.05, 0) is 39.9 Å². The summed E-state index contributed by atoms with van der Waals surface area (Å²) in [7, 11) is 4.16. The number of nitrogens with zero attached hydrogens (tertiary/aromatic N) is 2. The van der Waals surface area contributed by atoms with E-state index in [1.165, 1.54) is 11.1 Å². The minimum Gasteiger partial charge on any atom is -0.392 e. The van der Waals surface area contributed by atoms with Crippen molar-refractivity contribution in [2.24, 2.45) is 5.73 Å². The number of likely N-dealkylation sites (tertiary alicyclic amines) is 1. The number of hydrogen-bond acceptors (Lipinski definition) is 4. The van der Waals surface area contributed by atoms with Crippen LogP contribution in [0, 0.1) is 6.92 Å². The Labute approximate surface area is 128 Å². The lowest BCUT2D eigenvalue weighted by Crippen LogP contribution is -2.45. The maximum Gasteiger partial charge on any atom is 0.0682 e. The van der Waals surface area contributed by atoms with Gasteiger partial charge in [0.1, 0.15) is 0 Å². The van der Waals surface area contributed by atoms with E-state index in [4.69, 9.17) is 5.73 Å². The highest BCUT2D eigenvalue weighted by atomic mass is 16.3. The van der Waals surface area contributed by atoms with Crippen LogP contribution >= 0.6 is 0 Å². The number of aliphatic hydroxyl groups excluding tert-OH is 1. The van der Waals surface area contributed by atoms with E-state index < -0.39 is 0 Å². The minimum atomic E-state index is -0.248. The zero-order valence-corrected chi connectivity index (χ0v) is 13.7. The largest absolute Gasteiger partial charge is 0.392 e. The zero-order valence-electron chi connectivity index (χ0n) is 13.7. The summed E-state index contributed by atoms with van der Waals surface area (Å²) in [6.07, 6.45) is 0.578. The third-order valence-electron chi connectivity index (χ3n) is 4.28. The van der Waals surface area contributed by atoms with E-state index in [0.29, 0.717) is 12.6 Å². The van der Waals surface area contributed by atoms with Crippen molar-refractivity contribution in [2.75, 3.05) is 27.2 Å². The first-order chi connectivity index (χ1) is 9.88. The molecule has 0 saturated carbocycles. The van der Waals surface area contributed by atoms with Crippen LogP contribution in [0.4, 0.5) is 0 Å². The first-order valence-electron chi connectivity index (χ1n) is 7.79. The van der Waals surface area contributed by atoms with Crippen LogP contribution in [0.5, 0.6) is 0 Å². The molecule has 1 aromatic rings. The lowest BCUT2D eigenvalue weighted by molar-refractivity contribution is 0.123. The standard InChI is InChI=1S/C17H29N3O/c1-12-5-7-14(8-6-12)17(13(2)18)20-11-16(21)9-15(20)10-19(3)4/h5-8,13,15-17,21H,9-11,18H2,1-4H3. The topological polar surface area (TPSA) is 52.7 Å². The lowest BCUT2D eigenvalue weighted by Gasteiger charge is -2.36. The molecule has 1 aliphatic rings. The molecule has 1 saturated heterocycles. The number of benzene rings is 1. The molecule has 118 valence electrons. The predicted octanol–water partition coefficient (Wildman–Crippen LogP) is 1.38. The fraction of sp³-hybridized carbons (Fsp3) is 0.647. The quantitative estimate of drug-likeness (QED) is 0.860. The van der Waals surface area contributed by atoms with E-state index in [9.17, 15) is 5.11 Å². The summed E-state index contributed by atoms with van der Waals surface area (Å²) in [5.74, 6) is 0. The molecule has 2 rings (SSSR count). The van der Waals surface area contributed by atoms with Crippen LogP contribution in [-0.2, 0) is 0 Å². The van der Waals surface area contributed by atoms with Crippen molar-refractivity contribution in [2.45, 2.75) is 44.5 Å². The molecule has 0 spiro atoms. The molecule has 21 heavy (non-hydrogen) atoms. The molecule has 0 bridgehead atoms. The Morgan fingerprint density at radius 3 is 2.48 bits per heavy atom. The van der Waals surface area contributed by atoms with Crippen molar-refractivity contribution in [3.8, 4) is 0 Å². The van der Waals surface area contributed by atoms with Crippen LogP contribution < -0.4 is 5.73 Å². The molecular weight excluding hydrogens is 262 g/mol. The van der Waals surface area contributed by atoms with Crippen molar-refractivity contribution in [1.82, 2.24) is 9.80 Å². The highest BCUT2D eigenvalue weighted by molar-refractivity contribution is 5.26. The fourth-order valence-corrected chi connectivity index (χ4v) is 3.42. The Morgan fingerprint density at radius 1 is 1.33 bits per heavy atom. The van der Waals surface area contributed by atoms with Crippen molar-refractivity contribution < 1.29 is 5.11 Å². The summed E-state index contributed by atoms with van der Waals surface area (Å²) >= 11 is 0. The SMILES string of the molecule is Cc1ccc(C(C(C)N)N2CC(O)CC2CN(C)C)cc1. The van der Waals surface area contributed by atoms with Gasteiger partial charge in [-0.25, -0.2) is 0 Å². The second-order valence-electron chi connectivity index (χ2n) is 6.72. The van der Waals surface area contributed by atoms with Gasteiger partial charge in [0.15, 0.2) is 0 Å². The molecule has 4 nitrogen and oxygen atoms in total. The maximum atomic E-state index is 10.1. The first kappa shape index (κ1) is 16.4. The monoisotopic (exact) mass is 291 g/mol. The predicted molar refractivity (Wildman–Crippen MR) is 87.2 cm³/mol. The highest BCUT2D eigenvalue weighted by Gasteiger charge is 2.37. The molecule has 1 aliphatic heterocycles. The smallest absolute Gasteiger partial charge is 0.0682 e. The first-order valence-corrected chi connectivity index (χ1v) is 7.79. The number of rotatable bonds is 5. The summed E-state index contributed by atoms with van der Waals surface area (Å²) in [5.41, 5.74) is 8.79. The van der Waals surface area contributed by atoms with Gasteiger partial charge in [0.2, 0.25) is 0 Å². The van der Waals surface area contributed by atoms with E-state index in [-0.39, 0.29) is 18.2 Å². The number of nitrogens with two attached hydrogens (primary N) is 1. The van der Waals surface area contributed by atoms with Gasteiger partial charge in [0.25, 0.3) is 0 Å². The van der Waals surface area contributed by atoms with Crippen LogP contribution in [0.25, 0.3) is 0 Å². The highest BCUT2D eigenvalue weighted by Crippen LogP contribution is 2.32. The Bertz CT molecular complexity index is 444. The van der Waals surface area contributed by atoms with Gasteiger partial charge in [-0.15, -0.1) is 0 Å². The van der Waals surface area contributed by atoms with Crippen molar-refractivity contribution in [1.29, 1.82) is 0 Å². The van der Waals surface area contributed by atoms with E-state index in [2.05, 4.69) is 62.0 Å². The average Bonchev–Trinajstić information content (AvgIpc) is 2.71. The lowest BCUT2D eigenvalue weighted by atomic mass is 9.97. The summed E-state index contributed by atoms with van der Waals surface area (Å²) in [6.45, 7) is 5.81. The van der Waals surface area contributed by atoms with E-state index in [1.54, 1.807) is 0 Å². The molecule has 1 heterocycles. The fourth-order valence-electron chi connectivity index (χ4n) is 3.42. The number of β-amino-alcohol motifs (C(OH)–C–C–N with tert-alkyl or cyclic N) is 1. The summed E-state index contributed by atoms with van der Waals surface area (Å²) in [4.78, 5) is 4.57. The van der Waals surface area contributed by atoms with Crippen LogP contribution in [0.2, 0.25) is 0 Å². The molecule has 4 unspecified atom stereocenters. The van der Waals surface area contributed by atoms with Gasteiger partial charge in [0, 0.05) is 25.2 Å².